The number of amides is 1. The van der Waals surface area contributed by atoms with E-state index in [4.69, 9.17) is 4.74 Å². The van der Waals surface area contributed by atoms with Gasteiger partial charge in [-0.05, 0) is 32.9 Å². The molecule has 0 saturated carbocycles. The zero-order valence-electron chi connectivity index (χ0n) is 12.5. The Morgan fingerprint density at radius 3 is 2.71 bits per heavy atom. The first-order valence-electron chi connectivity index (χ1n) is 6.91. The van der Waals surface area contributed by atoms with Crippen molar-refractivity contribution in [1.82, 2.24) is 5.32 Å². The molecule has 1 amide bonds. The monoisotopic (exact) mass is 295 g/mol. The number of carbonyl (C=O) groups is 1. The third-order valence-electron chi connectivity index (χ3n) is 2.82. The molecule has 1 unspecified atom stereocenters. The van der Waals surface area contributed by atoms with Gasteiger partial charge in [0.2, 0.25) is 0 Å². The van der Waals surface area contributed by atoms with Crippen LogP contribution in [0.25, 0.3) is 0 Å². The van der Waals surface area contributed by atoms with Gasteiger partial charge >= 0.3 is 0 Å². The lowest BCUT2D eigenvalue weighted by Gasteiger charge is -2.13. The number of nitrogens with zero attached hydrogens (tertiary/aromatic N) is 1. The van der Waals surface area contributed by atoms with Crippen molar-refractivity contribution in [3.63, 3.8) is 0 Å². The van der Waals surface area contributed by atoms with Crippen LogP contribution in [0.3, 0.4) is 0 Å². The molecular weight excluding hydrogens is 274 g/mol. The van der Waals surface area contributed by atoms with Crippen molar-refractivity contribution in [2.24, 2.45) is 0 Å². The third-order valence-corrected chi connectivity index (χ3v) is 2.82. The molecule has 1 rings (SSSR count). The van der Waals surface area contributed by atoms with Crippen molar-refractivity contribution in [1.29, 1.82) is 0 Å². The van der Waals surface area contributed by atoms with Crippen molar-refractivity contribution < 1.29 is 14.5 Å². The van der Waals surface area contributed by atoms with Gasteiger partial charge in [0.1, 0.15) is 5.69 Å². The normalized spacial score (nSPS) is 11.8. The van der Waals surface area contributed by atoms with Gasteiger partial charge in [0, 0.05) is 31.3 Å². The summed E-state index contributed by atoms with van der Waals surface area (Å²) in [5.74, 6) is -0.282. The van der Waals surface area contributed by atoms with Gasteiger partial charge < -0.3 is 15.4 Å². The lowest BCUT2D eigenvalue weighted by Crippen LogP contribution is -2.32. The zero-order chi connectivity index (χ0) is 15.8. The first-order valence-corrected chi connectivity index (χ1v) is 6.91. The molecule has 0 aliphatic rings. The summed E-state index contributed by atoms with van der Waals surface area (Å²) in [6.45, 7) is 7.09. The van der Waals surface area contributed by atoms with Gasteiger partial charge in [-0.25, -0.2) is 0 Å². The van der Waals surface area contributed by atoms with Crippen molar-refractivity contribution in [3.8, 4) is 0 Å². The fourth-order valence-electron chi connectivity index (χ4n) is 1.85. The first kappa shape index (κ1) is 16.9. The zero-order valence-corrected chi connectivity index (χ0v) is 12.5. The van der Waals surface area contributed by atoms with E-state index in [9.17, 15) is 14.9 Å². The minimum Gasteiger partial charge on any atom is -0.380 e. The molecule has 0 radical (unpaired) electrons. The molecule has 7 nitrogen and oxygen atoms in total. The molecule has 0 aromatic heterocycles. The Kier molecular flexibility index (Phi) is 6.61. The molecule has 1 aromatic rings. The highest BCUT2D eigenvalue weighted by atomic mass is 16.6. The van der Waals surface area contributed by atoms with Gasteiger partial charge in [-0.15, -0.1) is 0 Å². The van der Waals surface area contributed by atoms with Crippen molar-refractivity contribution in [2.75, 3.05) is 25.0 Å². The van der Waals surface area contributed by atoms with Crippen molar-refractivity contribution in [3.05, 3.63) is 33.9 Å². The molecule has 0 saturated heterocycles. The van der Waals surface area contributed by atoms with E-state index in [0.29, 0.717) is 30.9 Å². The Balaban J connectivity index is 2.80. The summed E-state index contributed by atoms with van der Waals surface area (Å²) in [5, 5.41) is 16.5. The molecule has 0 aliphatic heterocycles. The summed E-state index contributed by atoms with van der Waals surface area (Å²) < 4.78 is 5.32. The number of nitro benzene ring substituents is 1. The van der Waals surface area contributed by atoms with Gasteiger partial charge in [0.05, 0.1) is 11.0 Å². The molecule has 1 aromatic carbocycles. The minimum absolute atomic E-state index is 0.0453. The number of hydrogen-bond acceptors (Lipinski definition) is 5. The number of carbonyl (C=O) groups excluding carboxylic acids is 1. The standard InChI is InChI=1S/C14H21N3O4/c1-4-15-12-8-11(6-7-13(12)17(19)20)14(18)16-9-10(3)21-5-2/h6-8,10,15H,4-5,9H2,1-3H3,(H,16,18). The quantitative estimate of drug-likeness (QED) is 0.566. The Morgan fingerprint density at radius 1 is 1.43 bits per heavy atom. The van der Waals surface area contributed by atoms with Crippen LogP contribution in [-0.4, -0.2) is 36.6 Å². The molecule has 0 heterocycles. The Hall–Kier alpha value is -2.15. The van der Waals surface area contributed by atoms with Gasteiger partial charge in [0.15, 0.2) is 0 Å². The summed E-state index contributed by atoms with van der Waals surface area (Å²) in [7, 11) is 0. The fraction of sp³-hybridized carbons (Fsp3) is 0.500. The first-order chi connectivity index (χ1) is 9.99. The van der Waals surface area contributed by atoms with Crippen LogP contribution < -0.4 is 10.6 Å². The summed E-state index contributed by atoms with van der Waals surface area (Å²) in [4.78, 5) is 22.5. The number of hydrogen-bond donors (Lipinski definition) is 2. The van der Waals surface area contributed by atoms with E-state index in [1.165, 1.54) is 18.2 Å². The molecule has 0 aliphatic carbocycles. The van der Waals surface area contributed by atoms with E-state index in [1.807, 2.05) is 20.8 Å². The smallest absolute Gasteiger partial charge is 0.292 e. The minimum atomic E-state index is -0.475. The summed E-state index contributed by atoms with van der Waals surface area (Å²) >= 11 is 0. The second kappa shape index (κ2) is 8.21. The van der Waals surface area contributed by atoms with E-state index in [-0.39, 0.29) is 17.7 Å². The number of nitrogens with one attached hydrogen (secondary N) is 2. The van der Waals surface area contributed by atoms with Crippen LogP contribution in [0.5, 0.6) is 0 Å². The molecular formula is C14H21N3O4. The summed E-state index contributed by atoms with van der Waals surface area (Å²) in [5.41, 5.74) is 0.671. The van der Waals surface area contributed by atoms with Gasteiger partial charge in [0.25, 0.3) is 11.6 Å². The predicted molar refractivity (Wildman–Crippen MR) is 80.7 cm³/mol. The fourth-order valence-corrected chi connectivity index (χ4v) is 1.85. The maximum absolute atomic E-state index is 12.0. The van der Waals surface area contributed by atoms with Crippen LogP contribution in [0.4, 0.5) is 11.4 Å². The molecule has 0 bridgehead atoms. The largest absolute Gasteiger partial charge is 0.380 e. The topological polar surface area (TPSA) is 93.5 Å². The predicted octanol–water partition coefficient (Wildman–Crippen LogP) is 2.18. The van der Waals surface area contributed by atoms with Crippen molar-refractivity contribution in [2.45, 2.75) is 26.9 Å². The van der Waals surface area contributed by atoms with Crippen LogP contribution in [0.2, 0.25) is 0 Å². The molecule has 21 heavy (non-hydrogen) atoms. The summed E-state index contributed by atoms with van der Waals surface area (Å²) in [6, 6.07) is 4.26. The number of nitro groups is 1. The summed E-state index contributed by atoms with van der Waals surface area (Å²) in [6.07, 6.45) is -0.0785. The van der Waals surface area contributed by atoms with Gasteiger partial charge in [-0.3, -0.25) is 14.9 Å². The van der Waals surface area contributed by atoms with Crippen LogP contribution in [-0.2, 0) is 4.74 Å². The average Bonchev–Trinajstić information content (AvgIpc) is 2.45. The number of ether oxygens (including phenoxy) is 1. The molecule has 1 atom stereocenters. The SMILES string of the molecule is CCNc1cc(C(=O)NCC(C)OCC)ccc1[N+](=O)[O-]. The highest BCUT2D eigenvalue weighted by Gasteiger charge is 2.16. The average molecular weight is 295 g/mol. The van der Waals surface area contributed by atoms with Crippen LogP contribution in [0.1, 0.15) is 31.1 Å². The maximum atomic E-state index is 12.0. The van der Waals surface area contributed by atoms with E-state index < -0.39 is 4.92 Å². The number of anilines is 1. The molecule has 7 heteroatoms. The highest BCUT2D eigenvalue weighted by Crippen LogP contribution is 2.25. The lowest BCUT2D eigenvalue weighted by atomic mass is 10.1. The Morgan fingerprint density at radius 2 is 2.14 bits per heavy atom. The van der Waals surface area contributed by atoms with Crippen LogP contribution in [0.15, 0.2) is 18.2 Å². The number of rotatable bonds is 8. The molecule has 0 fully saturated rings. The lowest BCUT2D eigenvalue weighted by molar-refractivity contribution is -0.384. The highest BCUT2D eigenvalue weighted by molar-refractivity contribution is 5.95. The second-order valence-electron chi connectivity index (χ2n) is 4.50. The van der Waals surface area contributed by atoms with Crippen LogP contribution in [0, 0.1) is 10.1 Å². The second-order valence-corrected chi connectivity index (χ2v) is 4.50. The Bertz CT molecular complexity index is 505. The van der Waals surface area contributed by atoms with Gasteiger partial charge in [-0.2, -0.15) is 0 Å². The van der Waals surface area contributed by atoms with E-state index in [0.717, 1.165) is 0 Å². The molecule has 0 spiro atoms. The Labute approximate surface area is 123 Å². The van der Waals surface area contributed by atoms with Gasteiger partial charge in [-0.1, -0.05) is 0 Å². The van der Waals surface area contributed by atoms with E-state index in [2.05, 4.69) is 10.6 Å². The van der Waals surface area contributed by atoms with E-state index in [1.54, 1.807) is 0 Å². The third kappa shape index (κ3) is 5.03. The molecule has 2 N–H and O–H groups in total. The maximum Gasteiger partial charge on any atom is 0.292 e. The molecule has 116 valence electrons. The number of benzene rings is 1. The van der Waals surface area contributed by atoms with E-state index >= 15 is 0 Å². The van der Waals surface area contributed by atoms with Crippen molar-refractivity contribution >= 4 is 17.3 Å². The van der Waals surface area contributed by atoms with Crippen LogP contribution >= 0.6 is 0 Å².